The zero-order chi connectivity index (χ0) is 17.5. The average Bonchev–Trinajstić information content (AvgIpc) is 2.51. The number of benzene rings is 1. The maximum absolute atomic E-state index is 12.6. The van der Waals surface area contributed by atoms with Crippen LogP contribution in [0.25, 0.3) is 0 Å². The molecule has 0 aliphatic rings. The molecule has 0 fully saturated rings. The second-order valence-electron chi connectivity index (χ2n) is 4.96. The third-order valence-electron chi connectivity index (χ3n) is 3.54. The zero-order valence-electron chi connectivity index (χ0n) is 12.9. The molecule has 0 aromatic heterocycles. The molecule has 1 rings (SSSR count). The molecule has 0 aliphatic heterocycles. The van der Waals surface area contributed by atoms with E-state index >= 15 is 0 Å². The summed E-state index contributed by atoms with van der Waals surface area (Å²) in [6.07, 6.45) is 1.05. The van der Waals surface area contributed by atoms with Crippen molar-refractivity contribution in [1.82, 2.24) is 0 Å². The Morgan fingerprint density at radius 2 is 2.09 bits per heavy atom. The Labute approximate surface area is 133 Å². The van der Waals surface area contributed by atoms with E-state index in [1.807, 2.05) is 0 Å². The lowest BCUT2D eigenvalue weighted by Gasteiger charge is -2.30. The number of aliphatic carboxylic acids is 1. The smallest absolute Gasteiger partial charge is 0.317 e. The van der Waals surface area contributed by atoms with E-state index < -0.39 is 22.3 Å². The van der Waals surface area contributed by atoms with Crippen molar-refractivity contribution in [2.24, 2.45) is 0 Å². The van der Waals surface area contributed by atoms with Crippen molar-refractivity contribution in [2.75, 3.05) is 6.61 Å². The summed E-state index contributed by atoms with van der Waals surface area (Å²) in [5, 5.41) is 20.3. The number of carboxylic acid groups (broad SMARTS) is 1. The minimum Gasteiger partial charge on any atom is -0.481 e. The molecular weight excluding hydrogens is 302 g/mol. The van der Waals surface area contributed by atoms with Gasteiger partial charge in [-0.15, -0.1) is 6.58 Å². The molecule has 7 nitrogen and oxygen atoms in total. The number of para-hydroxylation sites is 1. The number of carboxylic acids is 1. The van der Waals surface area contributed by atoms with Gasteiger partial charge in [-0.05, 0) is 19.8 Å². The summed E-state index contributed by atoms with van der Waals surface area (Å²) in [6, 6.07) is 5.80. The van der Waals surface area contributed by atoms with Crippen LogP contribution in [0, 0.1) is 10.1 Å². The van der Waals surface area contributed by atoms with E-state index in [-0.39, 0.29) is 37.1 Å². The van der Waals surface area contributed by atoms with Gasteiger partial charge in [-0.1, -0.05) is 24.3 Å². The van der Waals surface area contributed by atoms with Crippen LogP contribution < -0.4 is 0 Å². The fraction of sp³-hybridized carbons (Fsp3) is 0.375. The van der Waals surface area contributed by atoms with Crippen LogP contribution in [-0.4, -0.2) is 28.6 Å². The molecule has 0 heterocycles. The number of carbonyl (C=O) groups is 2. The van der Waals surface area contributed by atoms with Crippen molar-refractivity contribution >= 4 is 17.6 Å². The number of esters is 1. The van der Waals surface area contributed by atoms with Crippen molar-refractivity contribution in [1.29, 1.82) is 0 Å². The highest BCUT2D eigenvalue weighted by molar-refractivity contribution is 5.86. The number of rotatable bonds is 9. The Kier molecular flexibility index (Phi) is 6.44. The molecule has 1 N–H and O–H groups in total. The predicted octanol–water partition coefficient (Wildman–Crippen LogP) is 2.84. The van der Waals surface area contributed by atoms with Gasteiger partial charge in [-0.2, -0.15) is 0 Å². The van der Waals surface area contributed by atoms with Gasteiger partial charge in [0.25, 0.3) is 5.69 Å². The number of nitro benzene ring substituents is 1. The molecule has 1 aromatic rings. The summed E-state index contributed by atoms with van der Waals surface area (Å²) >= 11 is 0. The Morgan fingerprint density at radius 3 is 2.61 bits per heavy atom. The summed E-state index contributed by atoms with van der Waals surface area (Å²) in [5.41, 5.74) is -1.54. The first-order valence-corrected chi connectivity index (χ1v) is 7.13. The van der Waals surface area contributed by atoms with Crippen LogP contribution in [0.2, 0.25) is 0 Å². The standard InChI is InChI=1S/C16H19NO6/c1-3-10-16(11-9-14(18)19,15(20)23-4-2)12-7-5-6-8-13(12)17(21)22/h3,5-8H,1,4,9-11H2,2H3,(H,18,19). The first-order chi connectivity index (χ1) is 10.9. The molecule has 124 valence electrons. The lowest BCUT2D eigenvalue weighted by atomic mass is 9.73. The Balaban J connectivity index is 3.52. The molecule has 0 aliphatic carbocycles. The van der Waals surface area contributed by atoms with E-state index in [0.29, 0.717) is 0 Å². The third-order valence-corrected chi connectivity index (χ3v) is 3.54. The van der Waals surface area contributed by atoms with Gasteiger partial charge in [-0.25, -0.2) is 0 Å². The van der Waals surface area contributed by atoms with Crippen LogP contribution >= 0.6 is 0 Å². The Bertz CT molecular complexity index is 612. The maximum Gasteiger partial charge on any atom is 0.317 e. The highest BCUT2D eigenvalue weighted by Crippen LogP contribution is 2.40. The van der Waals surface area contributed by atoms with Gasteiger partial charge in [0, 0.05) is 18.1 Å². The summed E-state index contributed by atoms with van der Waals surface area (Å²) in [6.45, 7) is 5.30. The van der Waals surface area contributed by atoms with Gasteiger partial charge in [0.05, 0.1) is 11.5 Å². The summed E-state index contributed by atoms with van der Waals surface area (Å²) in [4.78, 5) is 34.2. The molecule has 0 amide bonds. The zero-order valence-corrected chi connectivity index (χ0v) is 12.9. The maximum atomic E-state index is 12.6. The van der Waals surface area contributed by atoms with E-state index in [4.69, 9.17) is 9.84 Å². The minimum atomic E-state index is -1.44. The first-order valence-electron chi connectivity index (χ1n) is 7.13. The van der Waals surface area contributed by atoms with Crippen LogP contribution in [-0.2, 0) is 19.7 Å². The molecule has 1 aromatic carbocycles. The topological polar surface area (TPSA) is 107 Å². The van der Waals surface area contributed by atoms with Crippen LogP contribution in [0.4, 0.5) is 5.69 Å². The largest absolute Gasteiger partial charge is 0.481 e. The van der Waals surface area contributed by atoms with Crippen molar-refractivity contribution in [3.05, 3.63) is 52.6 Å². The molecule has 0 saturated heterocycles. The number of ether oxygens (including phenoxy) is 1. The molecule has 0 saturated carbocycles. The van der Waals surface area contributed by atoms with Crippen molar-refractivity contribution < 1.29 is 24.4 Å². The van der Waals surface area contributed by atoms with Crippen molar-refractivity contribution in [2.45, 2.75) is 31.6 Å². The second-order valence-corrected chi connectivity index (χ2v) is 4.96. The number of carbonyl (C=O) groups excluding carboxylic acids is 1. The van der Waals surface area contributed by atoms with Gasteiger partial charge in [0.2, 0.25) is 0 Å². The molecule has 23 heavy (non-hydrogen) atoms. The molecule has 0 bridgehead atoms. The Hall–Kier alpha value is -2.70. The summed E-state index contributed by atoms with van der Waals surface area (Å²) in [5.74, 6) is -1.78. The fourth-order valence-electron chi connectivity index (χ4n) is 2.52. The summed E-state index contributed by atoms with van der Waals surface area (Å²) in [7, 11) is 0. The van der Waals surface area contributed by atoms with Crippen LogP contribution in [0.3, 0.4) is 0 Å². The lowest BCUT2D eigenvalue weighted by Crippen LogP contribution is -2.38. The molecule has 0 radical (unpaired) electrons. The Morgan fingerprint density at radius 1 is 1.43 bits per heavy atom. The number of nitrogens with zero attached hydrogens (tertiary/aromatic N) is 1. The molecule has 7 heteroatoms. The van der Waals surface area contributed by atoms with Gasteiger partial charge in [0.1, 0.15) is 5.41 Å². The van der Waals surface area contributed by atoms with E-state index in [2.05, 4.69) is 6.58 Å². The van der Waals surface area contributed by atoms with E-state index in [9.17, 15) is 19.7 Å². The van der Waals surface area contributed by atoms with Crippen LogP contribution in [0.5, 0.6) is 0 Å². The predicted molar refractivity (Wildman–Crippen MR) is 83.1 cm³/mol. The summed E-state index contributed by atoms with van der Waals surface area (Å²) < 4.78 is 5.08. The van der Waals surface area contributed by atoms with Crippen molar-refractivity contribution in [3.63, 3.8) is 0 Å². The normalized spacial score (nSPS) is 12.9. The highest BCUT2D eigenvalue weighted by atomic mass is 16.6. The van der Waals surface area contributed by atoms with E-state index in [0.717, 1.165) is 0 Å². The molecule has 0 spiro atoms. The second kappa shape index (κ2) is 8.07. The highest BCUT2D eigenvalue weighted by Gasteiger charge is 2.44. The lowest BCUT2D eigenvalue weighted by molar-refractivity contribution is -0.386. The average molecular weight is 321 g/mol. The van der Waals surface area contributed by atoms with Gasteiger partial charge >= 0.3 is 11.9 Å². The van der Waals surface area contributed by atoms with E-state index in [1.165, 1.54) is 24.3 Å². The molecular formula is C16H19NO6. The van der Waals surface area contributed by atoms with Crippen LogP contribution in [0.1, 0.15) is 31.7 Å². The fourth-order valence-corrected chi connectivity index (χ4v) is 2.52. The number of allylic oxidation sites excluding steroid dienone is 1. The molecule has 1 unspecified atom stereocenters. The molecule has 1 atom stereocenters. The van der Waals surface area contributed by atoms with E-state index in [1.54, 1.807) is 13.0 Å². The SMILES string of the molecule is C=CCC(CCC(=O)O)(C(=O)OCC)c1ccccc1[N+](=O)[O-]. The number of hydrogen-bond donors (Lipinski definition) is 1. The quantitative estimate of drug-likeness (QED) is 0.324. The first kappa shape index (κ1) is 18.3. The third kappa shape index (κ3) is 4.15. The monoisotopic (exact) mass is 321 g/mol. The van der Waals surface area contributed by atoms with Gasteiger partial charge in [-0.3, -0.25) is 19.7 Å². The van der Waals surface area contributed by atoms with Gasteiger partial charge in [0.15, 0.2) is 0 Å². The van der Waals surface area contributed by atoms with Crippen molar-refractivity contribution in [3.8, 4) is 0 Å². The minimum absolute atomic E-state index is 0.0456. The number of hydrogen-bond acceptors (Lipinski definition) is 5. The van der Waals surface area contributed by atoms with Crippen LogP contribution in [0.15, 0.2) is 36.9 Å². The van der Waals surface area contributed by atoms with Gasteiger partial charge < -0.3 is 9.84 Å². The number of nitro groups is 1.